The zero-order valence-electron chi connectivity index (χ0n) is 10.3. The average molecular weight is 276 g/mol. The number of halogens is 1. The smallest absolute Gasteiger partial charge is 0.225 e. The molecule has 0 heterocycles. The maximum absolute atomic E-state index is 11.4. The summed E-state index contributed by atoms with van der Waals surface area (Å²) in [5.74, 6) is 1.73. The molecule has 0 atom stereocenters. The Morgan fingerprint density at radius 3 is 2.26 bits per heavy atom. The molecule has 98 valence electrons. The summed E-state index contributed by atoms with van der Waals surface area (Å²) in [7, 11) is 0. The minimum atomic E-state index is -0.0910. The Hall–Kier alpha value is -2.00. The average Bonchev–Trinajstić information content (AvgIpc) is 2.42. The van der Waals surface area contributed by atoms with Crippen LogP contribution in [0.4, 0.5) is 5.69 Å². The second-order valence-corrected chi connectivity index (χ2v) is 4.30. The number of rotatable bonds is 5. The number of carbonyl (C=O) groups excluding carboxylic acids is 1. The van der Waals surface area contributed by atoms with Gasteiger partial charge in [-0.05, 0) is 36.4 Å². The first-order chi connectivity index (χ1) is 9.28. The second kappa shape index (κ2) is 6.81. The van der Waals surface area contributed by atoms with Crippen LogP contribution in [0.15, 0.2) is 54.6 Å². The Morgan fingerprint density at radius 1 is 1.00 bits per heavy atom. The number of hydrogen-bond acceptors (Lipinski definition) is 2. The lowest BCUT2D eigenvalue weighted by Crippen LogP contribution is -2.11. The molecule has 19 heavy (non-hydrogen) atoms. The Bertz CT molecular complexity index is 526. The van der Waals surface area contributed by atoms with E-state index < -0.39 is 0 Å². The fourth-order valence-electron chi connectivity index (χ4n) is 1.54. The van der Waals surface area contributed by atoms with Gasteiger partial charge in [-0.2, -0.15) is 0 Å². The highest BCUT2D eigenvalue weighted by atomic mass is 35.5. The summed E-state index contributed by atoms with van der Waals surface area (Å²) in [5.41, 5.74) is 0.732. The van der Waals surface area contributed by atoms with Gasteiger partial charge in [0.1, 0.15) is 11.5 Å². The molecule has 1 amide bonds. The number of ether oxygens (including phenoxy) is 1. The van der Waals surface area contributed by atoms with E-state index in [9.17, 15) is 4.79 Å². The van der Waals surface area contributed by atoms with Crippen LogP contribution in [-0.2, 0) is 4.79 Å². The van der Waals surface area contributed by atoms with Crippen molar-refractivity contribution in [3.63, 3.8) is 0 Å². The number of anilines is 1. The third kappa shape index (κ3) is 4.30. The van der Waals surface area contributed by atoms with Gasteiger partial charge in [0, 0.05) is 18.0 Å². The molecule has 2 aromatic carbocycles. The minimum Gasteiger partial charge on any atom is -0.457 e. The number of benzene rings is 2. The molecule has 0 spiro atoms. The molecule has 4 heteroatoms. The van der Waals surface area contributed by atoms with Crippen molar-refractivity contribution in [2.45, 2.75) is 6.42 Å². The van der Waals surface area contributed by atoms with Crippen molar-refractivity contribution in [1.82, 2.24) is 0 Å². The Labute approximate surface area is 117 Å². The molecule has 0 radical (unpaired) electrons. The summed E-state index contributed by atoms with van der Waals surface area (Å²) in [5, 5.41) is 2.75. The van der Waals surface area contributed by atoms with E-state index in [1.807, 2.05) is 42.5 Å². The third-order valence-electron chi connectivity index (χ3n) is 2.44. The molecule has 0 aliphatic rings. The zero-order chi connectivity index (χ0) is 13.5. The van der Waals surface area contributed by atoms with Crippen LogP contribution in [0.2, 0.25) is 0 Å². The van der Waals surface area contributed by atoms with Crippen LogP contribution in [0.1, 0.15) is 6.42 Å². The zero-order valence-corrected chi connectivity index (χ0v) is 11.1. The van der Waals surface area contributed by atoms with Crippen LogP contribution in [0.3, 0.4) is 0 Å². The normalized spacial score (nSPS) is 9.95. The SMILES string of the molecule is O=C(CCCl)Nc1ccc(Oc2ccccc2)cc1. The fourth-order valence-corrected chi connectivity index (χ4v) is 1.71. The van der Waals surface area contributed by atoms with Gasteiger partial charge >= 0.3 is 0 Å². The molecular weight excluding hydrogens is 262 g/mol. The summed E-state index contributed by atoms with van der Waals surface area (Å²) < 4.78 is 5.65. The van der Waals surface area contributed by atoms with Crippen LogP contribution in [0.5, 0.6) is 11.5 Å². The molecule has 0 bridgehead atoms. The highest BCUT2D eigenvalue weighted by Gasteiger charge is 2.02. The Morgan fingerprint density at radius 2 is 1.63 bits per heavy atom. The molecule has 0 aliphatic carbocycles. The lowest BCUT2D eigenvalue weighted by atomic mass is 10.3. The van der Waals surface area contributed by atoms with Crippen LogP contribution >= 0.6 is 11.6 Å². The van der Waals surface area contributed by atoms with E-state index >= 15 is 0 Å². The van der Waals surface area contributed by atoms with Gasteiger partial charge < -0.3 is 10.1 Å². The third-order valence-corrected chi connectivity index (χ3v) is 2.63. The van der Waals surface area contributed by atoms with Crippen molar-refractivity contribution in [2.24, 2.45) is 0 Å². The maximum atomic E-state index is 11.4. The lowest BCUT2D eigenvalue weighted by molar-refractivity contribution is -0.115. The van der Waals surface area contributed by atoms with Gasteiger partial charge in [0.15, 0.2) is 0 Å². The first-order valence-electron chi connectivity index (χ1n) is 5.97. The van der Waals surface area contributed by atoms with Crippen LogP contribution in [0.25, 0.3) is 0 Å². The summed E-state index contributed by atoms with van der Waals surface area (Å²) >= 11 is 5.50. The predicted octanol–water partition coefficient (Wildman–Crippen LogP) is 4.05. The van der Waals surface area contributed by atoms with Gasteiger partial charge in [-0.25, -0.2) is 0 Å². The molecule has 2 rings (SSSR count). The van der Waals surface area contributed by atoms with Crippen molar-refractivity contribution < 1.29 is 9.53 Å². The number of hydrogen-bond donors (Lipinski definition) is 1. The first kappa shape index (κ1) is 13.4. The van der Waals surface area contributed by atoms with E-state index in [4.69, 9.17) is 16.3 Å². The fraction of sp³-hybridized carbons (Fsp3) is 0.133. The first-order valence-corrected chi connectivity index (χ1v) is 6.50. The number of nitrogens with one attached hydrogen (secondary N) is 1. The molecule has 0 saturated heterocycles. The van der Waals surface area contributed by atoms with Crippen molar-refractivity contribution in [1.29, 1.82) is 0 Å². The number of carbonyl (C=O) groups is 1. The van der Waals surface area contributed by atoms with Crippen LogP contribution < -0.4 is 10.1 Å². The van der Waals surface area contributed by atoms with Crippen molar-refractivity contribution in [2.75, 3.05) is 11.2 Å². The maximum Gasteiger partial charge on any atom is 0.225 e. The van der Waals surface area contributed by atoms with Gasteiger partial charge in [0.2, 0.25) is 5.91 Å². The minimum absolute atomic E-state index is 0.0910. The lowest BCUT2D eigenvalue weighted by Gasteiger charge is -2.07. The molecule has 0 aromatic heterocycles. The Kier molecular flexibility index (Phi) is 4.81. The van der Waals surface area contributed by atoms with E-state index in [1.54, 1.807) is 12.1 Å². The summed E-state index contributed by atoms with van der Waals surface area (Å²) in [6.07, 6.45) is 0.309. The van der Waals surface area contributed by atoms with Gasteiger partial charge in [0.25, 0.3) is 0 Å². The standard InChI is InChI=1S/C15H14ClNO2/c16-11-10-15(18)17-12-6-8-14(9-7-12)19-13-4-2-1-3-5-13/h1-9H,10-11H2,(H,17,18). The van der Waals surface area contributed by atoms with E-state index in [-0.39, 0.29) is 5.91 Å². The molecule has 3 nitrogen and oxygen atoms in total. The molecule has 0 unspecified atom stereocenters. The van der Waals surface area contributed by atoms with Crippen molar-refractivity contribution in [3.8, 4) is 11.5 Å². The summed E-state index contributed by atoms with van der Waals surface area (Å²) in [4.78, 5) is 11.4. The Balaban J connectivity index is 1.97. The van der Waals surface area contributed by atoms with E-state index in [2.05, 4.69) is 5.32 Å². The van der Waals surface area contributed by atoms with E-state index in [0.717, 1.165) is 17.2 Å². The van der Waals surface area contributed by atoms with Gasteiger partial charge in [-0.15, -0.1) is 11.6 Å². The number of amides is 1. The summed E-state index contributed by atoms with van der Waals surface area (Å²) in [6, 6.07) is 16.7. The van der Waals surface area contributed by atoms with E-state index in [0.29, 0.717) is 12.3 Å². The largest absolute Gasteiger partial charge is 0.457 e. The highest BCUT2D eigenvalue weighted by Crippen LogP contribution is 2.22. The van der Waals surface area contributed by atoms with Crippen molar-refractivity contribution >= 4 is 23.2 Å². The monoisotopic (exact) mass is 275 g/mol. The van der Waals surface area contributed by atoms with Crippen LogP contribution in [0, 0.1) is 0 Å². The molecule has 0 saturated carbocycles. The summed E-state index contributed by atoms with van der Waals surface area (Å²) in [6.45, 7) is 0. The molecule has 0 fully saturated rings. The predicted molar refractivity (Wildman–Crippen MR) is 76.9 cm³/mol. The topological polar surface area (TPSA) is 38.3 Å². The molecular formula is C15H14ClNO2. The number of para-hydroxylation sites is 1. The number of alkyl halides is 1. The van der Waals surface area contributed by atoms with Crippen LogP contribution in [-0.4, -0.2) is 11.8 Å². The van der Waals surface area contributed by atoms with Gasteiger partial charge in [-0.3, -0.25) is 4.79 Å². The van der Waals surface area contributed by atoms with Crippen molar-refractivity contribution in [3.05, 3.63) is 54.6 Å². The highest BCUT2D eigenvalue weighted by molar-refractivity contribution is 6.19. The second-order valence-electron chi connectivity index (χ2n) is 3.93. The molecule has 0 aliphatic heterocycles. The molecule has 2 aromatic rings. The van der Waals surface area contributed by atoms with Gasteiger partial charge in [0.05, 0.1) is 0 Å². The quantitative estimate of drug-likeness (QED) is 0.836. The van der Waals surface area contributed by atoms with E-state index in [1.165, 1.54) is 0 Å². The van der Waals surface area contributed by atoms with Gasteiger partial charge in [-0.1, -0.05) is 18.2 Å². The molecule has 1 N–H and O–H groups in total.